The number of carbonyl (C=O) groups excluding carboxylic acids is 2. The van der Waals surface area contributed by atoms with Crippen LogP contribution in [0.3, 0.4) is 0 Å². The minimum Gasteiger partial charge on any atom is -0.494 e. The van der Waals surface area contributed by atoms with E-state index in [2.05, 4.69) is 28.7 Å². The van der Waals surface area contributed by atoms with Crippen molar-refractivity contribution in [3.05, 3.63) is 29.8 Å². The molecule has 0 bridgehead atoms. The Labute approximate surface area is 173 Å². The van der Waals surface area contributed by atoms with Crippen LogP contribution in [0.4, 0.5) is 4.79 Å². The van der Waals surface area contributed by atoms with E-state index in [9.17, 15) is 9.59 Å². The topological polar surface area (TPSA) is 80.3 Å². The van der Waals surface area contributed by atoms with Crippen LogP contribution in [0.25, 0.3) is 0 Å². The first-order chi connectivity index (χ1) is 14.1. The van der Waals surface area contributed by atoms with E-state index >= 15 is 0 Å². The molecular weight excluding hydrogens is 376 g/mol. The molecule has 0 aliphatic carbocycles. The van der Waals surface area contributed by atoms with Crippen LogP contribution in [-0.4, -0.2) is 24.8 Å². The van der Waals surface area contributed by atoms with E-state index in [0.717, 1.165) is 44.9 Å². The van der Waals surface area contributed by atoms with Gasteiger partial charge in [0.25, 0.3) is 0 Å². The summed E-state index contributed by atoms with van der Waals surface area (Å²) in [5.41, 5.74) is 0.240. The summed E-state index contributed by atoms with van der Waals surface area (Å²) < 4.78 is 10.6. The van der Waals surface area contributed by atoms with E-state index in [-0.39, 0.29) is 11.7 Å². The van der Waals surface area contributed by atoms with Gasteiger partial charge in [-0.3, -0.25) is 4.89 Å². The molecule has 1 rings (SSSR count). The molecule has 0 saturated heterocycles. The highest BCUT2D eigenvalue weighted by Gasteiger charge is 2.15. The predicted octanol–water partition coefficient (Wildman–Crippen LogP) is 6.16. The maximum atomic E-state index is 11.9. The zero-order chi connectivity index (χ0) is 21.3. The smallest absolute Gasteiger partial charge is 0.494 e. The third-order valence-corrected chi connectivity index (χ3v) is 4.33. The van der Waals surface area contributed by atoms with Crippen LogP contribution in [0.2, 0.25) is 0 Å². The fourth-order valence-corrected chi connectivity index (χ4v) is 2.63. The van der Waals surface area contributed by atoms with Crippen molar-refractivity contribution in [2.45, 2.75) is 84.7 Å². The van der Waals surface area contributed by atoms with Crippen LogP contribution in [0.1, 0.15) is 88.9 Å². The second-order valence-electron chi connectivity index (χ2n) is 6.98. The Balaban J connectivity index is 2.21. The summed E-state index contributed by atoms with van der Waals surface area (Å²) in [7, 11) is 0. The third kappa shape index (κ3) is 12.0. The molecule has 0 aromatic heterocycles. The molecule has 1 aromatic rings. The lowest BCUT2D eigenvalue weighted by Crippen LogP contribution is -2.17. The second kappa shape index (κ2) is 15.6. The van der Waals surface area contributed by atoms with E-state index < -0.39 is 12.1 Å². The van der Waals surface area contributed by atoms with Crippen molar-refractivity contribution in [2.24, 2.45) is 0 Å². The van der Waals surface area contributed by atoms with Gasteiger partial charge in [-0.2, -0.15) is 0 Å². The van der Waals surface area contributed by atoms with Gasteiger partial charge in [-0.05, 0) is 50.5 Å². The molecule has 1 unspecified atom stereocenters. The fraction of sp³-hybridized carbons (Fsp3) is 0.636. The van der Waals surface area contributed by atoms with Gasteiger partial charge in [-0.15, -0.1) is 0 Å². The Bertz CT molecular complexity index is 571. The van der Waals surface area contributed by atoms with E-state index in [4.69, 9.17) is 9.47 Å². The molecule has 1 atom stereocenters. The molecule has 0 spiro atoms. The molecule has 7 nitrogen and oxygen atoms in total. The monoisotopic (exact) mass is 410 g/mol. The van der Waals surface area contributed by atoms with E-state index in [1.54, 1.807) is 31.2 Å². The van der Waals surface area contributed by atoms with Crippen molar-refractivity contribution in [2.75, 3.05) is 6.61 Å². The lowest BCUT2D eigenvalue weighted by Gasteiger charge is -2.11. The quantitative estimate of drug-likeness (QED) is 0.148. The summed E-state index contributed by atoms with van der Waals surface area (Å²) in [4.78, 5) is 32.1. The molecule has 0 saturated carbocycles. The zero-order valence-corrected chi connectivity index (χ0v) is 17.8. The second-order valence-corrected chi connectivity index (χ2v) is 6.98. The number of unbranched alkanes of at least 4 members (excludes halogenated alkanes) is 6. The number of rotatable bonds is 15. The Morgan fingerprint density at radius 1 is 0.862 bits per heavy atom. The zero-order valence-electron chi connectivity index (χ0n) is 17.8. The van der Waals surface area contributed by atoms with Gasteiger partial charge in [0, 0.05) is 0 Å². The van der Waals surface area contributed by atoms with Crippen molar-refractivity contribution < 1.29 is 33.9 Å². The first kappa shape index (κ1) is 24.8. The molecule has 7 heteroatoms. The Hall–Kier alpha value is -2.28. The molecular formula is C22H34O7. The van der Waals surface area contributed by atoms with Crippen LogP contribution >= 0.6 is 0 Å². The van der Waals surface area contributed by atoms with Gasteiger partial charge in [0.15, 0.2) is 0 Å². The number of carbonyl (C=O) groups is 2. The summed E-state index contributed by atoms with van der Waals surface area (Å²) in [5, 5.41) is 4.23. The Kier molecular flexibility index (Phi) is 13.3. The Morgan fingerprint density at radius 3 is 2.17 bits per heavy atom. The van der Waals surface area contributed by atoms with Gasteiger partial charge >= 0.3 is 12.1 Å². The predicted molar refractivity (Wildman–Crippen MR) is 108 cm³/mol. The third-order valence-electron chi connectivity index (χ3n) is 4.33. The lowest BCUT2D eigenvalue weighted by molar-refractivity contribution is -0.452. The van der Waals surface area contributed by atoms with Crippen molar-refractivity contribution in [1.82, 2.24) is 0 Å². The van der Waals surface area contributed by atoms with Crippen LogP contribution in [0.5, 0.6) is 5.75 Å². The maximum Gasteiger partial charge on any atom is 0.543 e. The molecule has 0 fully saturated rings. The summed E-state index contributed by atoms with van der Waals surface area (Å²) in [6.07, 6.45) is 8.26. The number of hydrogen-bond acceptors (Lipinski definition) is 7. The van der Waals surface area contributed by atoms with E-state index in [1.165, 1.54) is 12.8 Å². The molecule has 0 N–H and O–H groups in total. The molecule has 0 aliphatic heterocycles. The highest BCUT2D eigenvalue weighted by atomic mass is 17.5. The summed E-state index contributed by atoms with van der Waals surface area (Å²) >= 11 is 0. The van der Waals surface area contributed by atoms with Crippen molar-refractivity contribution in [3.63, 3.8) is 0 Å². The molecule has 164 valence electrons. The largest absolute Gasteiger partial charge is 0.543 e. The molecule has 0 amide bonds. The van der Waals surface area contributed by atoms with E-state index in [0.29, 0.717) is 12.4 Å². The van der Waals surface area contributed by atoms with Crippen LogP contribution < -0.4 is 4.74 Å². The molecule has 0 heterocycles. The Morgan fingerprint density at radius 2 is 1.52 bits per heavy atom. The normalized spacial score (nSPS) is 11.6. The maximum absolute atomic E-state index is 11.9. The minimum absolute atomic E-state index is 0.240. The first-order valence-electron chi connectivity index (χ1n) is 10.6. The van der Waals surface area contributed by atoms with Crippen LogP contribution in [0, 0.1) is 0 Å². The number of hydrogen-bond donors (Lipinski definition) is 0. The van der Waals surface area contributed by atoms with E-state index in [1.807, 2.05) is 0 Å². The van der Waals surface area contributed by atoms with Gasteiger partial charge in [0.05, 0.1) is 17.2 Å². The van der Waals surface area contributed by atoms with Crippen molar-refractivity contribution in [1.29, 1.82) is 0 Å². The van der Waals surface area contributed by atoms with Gasteiger partial charge in [-0.1, -0.05) is 52.4 Å². The van der Waals surface area contributed by atoms with Crippen LogP contribution in [0.15, 0.2) is 24.3 Å². The number of benzene rings is 1. The average molecular weight is 411 g/mol. The molecule has 1 aromatic carbocycles. The standard InChI is InChI=1S/C22H34O7/c1-4-6-8-10-12-18(3)26-22(24)28-29-27-21(23)19-13-15-20(16-14-19)25-17-11-9-7-5-2/h13-16,18H,4-12,17H2,1-3H3. The highest BCUT2D eigenvalue weighted by molar-refractivity contribution is 5.89. The van der Waals surface area contributed by atoms with Gasteiger partial charge in [0.2, 0.25) is 0 Å². The lowest BCUT2D eigenvalue weighted by atomic mass is 10.1. The van der Waals surface area contributed by atoms with Gasteiger partial charge in [0.1, 0.15) is 11.9 Å². The number of ether oxygens (including phenoxy) is 2. The fourth-order valence-electron chi connectivity index (χ4n) is 2.63. The highest BCUT2D eigenvalue weighted by Crippen LogP contribution is 2.14. The summed E-state index contributed by atoms with van der Waals surface area (Å²) in [5.74, 6) is -0.119. The van der Waals surface area contributed by atoms with Crippen molar-refractivity contribution >= 4 is 12.1 Å². The summed E-state index contributed by atoms with van der Waals surface area (Å²) in [6, 6.07) is 6.44. The summed E-state index contributed by atoms with van der Waals surface area (Å²) in [6.45, 7) is 6.70. The SMILES string of the molecule is CCCCCCOc1ccc(C(=O)OOOC(=O)OC(C)CCCCCC)cc1. The van der Waals surface area contributed by atoms with Gasteiger partial charge < -0.3 is 9.47 Å². The minimum atomic E-state index is -1.05. The van der Waals surface area contributed by atoms with Crippen molar-refractivity contribution in [3.8, 4) is 5.75 Å². The van der Waals surface area contributed by atoms with Gasteiger partial charge in [-0.25, -0.2) is 14.5 Å². The molecule has 0 aliphatic rings. The average Bonchev–Trinajstić information content (AvgIpc) is 2.71. The first-order valence-corrected chi connectivity index (χ1v) is 10.6. The molecule has 29 heavy (non-hydrogen) atoms. The molecule has 0 radical (unpaired) electrons. The van der Waals surface area contributed by atoms with Crippen LogP contribution in [-0.2, 0) is 19.6 Å².